The van der Waals surface area contributed by atoms with E-state index in [0.717, 1.165) is 12.1 Å². The molecule has 3 N–H and O–H groups in total. The van der Waals surface area contributed by atoms with Gasteiger partial charge in [-0.25, -0.2) is 9.18 Å². The van der Waals surface area contributed by atoms with E-state index in [1.54, 1.807) is 13.8 Å². The number of carbonyl (C=O) groups excluding carboxylic acids is 2. The molecular formula is C14H17FN2O4. The van der Waals surface area contributed by atoms with Crippen molar-refractivity contribution in [3.8, 4) is 0 Å². The highest BCUT2D eigenvalue weighted by Crippen LogP contribution is 2.15. The van der Waals surface area contributed by atoms with Crippen LogP contribution in [0, 0.1) is 11.7 Å². The van der Waals surface area contributed by atoms with E-state index in [-0.39, 0.29) is 17.5 Å². The molecule has 0 spiro atoms. The van der Waals surface area contributed by atoms with Crippen LogP contribution in [0.5, 0.6) is 0 Å². The van der Waals surface area contributed by atoms with Crippen LogP contribution >= 0.6 is 0 Å². The van der Waals surface area contributed by atoms with Crippen molar-refractivity contribution < 1.29 is 23.9 Å². The predicted octanol–water partition coefficient (Wildman–Crippen LogP) is 1.62. The minimum atomic E-state index is -1.39. The van der Waals surface area contributed by atoms with Gasteiger partial charge in [0.1, 0.15) is 11.9 Å². The van der Waals surface area contributed by atoms with Crippen molar-refractivity contribution in [1.29, 1.82) is 0 Å². The summed E-state index contributed by atoms with van der Waals surface area (Å²) in [5, 5.41) is 13.7. The minimum Gasteiger partial charge on any atom is -0.478 e. The lowest BCUT2D eigenvalue weighted by molar-refractivity contribution is -0.126. The van der Waals surface area contributed by atoms with Crippen LogP contribution in [0.25, 0.3) is 0 Å². The topological polar surface area (TPSA) is 95.5 Å². The molecule has 1 unspecified atom stereocenters. The summed E-state index contributed by atoms with van der Waals surface area (Å²) in [6.07, 6.45) is 0. The molecule has 6 nitrogen and oxygen atoms in total. The molecule has 0 radical (unpaired) electrons. The van der Waals surface area contributed by atoms with Crippen molar-refractivity contribution in [2.45, 2.75) is 26.8 Å². The van der Waals surface area contributed by atoms with Crippen molar-refractivity contribution in [3.05, 3.63) is 29.6 Å². The van der Waals surface area contributed by atoms with Crippen LogP contribution in [-0.2, 0) is 9.59 Å². The molecule has 1 rings (SSSR count). The van der Waals surface area contributed by atoms with Crippen molar-refractivity contribution >= 4 is 23.5 Å². The highest BCUT2D eigenvalue weighted by Gasteiger charge is 2.23. The molecule has 0 saturated carbocycles. The van der Waals surface area contributed by atoms with Gasteiger partial charge in [-0.15, -0.1) is 0 Å². The largest absolute Gasteiger partial charge is 0.478 e. The number of amides is 2. The first-order valence-corrected chi connectivity index (χ1v) is 6.33. The van der Waals surface area contributed by atoms with Gasteiger partial charge in [0.2, 0.25) is 11.8 Å². The summed E-state index contributed by atoms with van der Waals surface area (Å²) in [6.45, 7) is 4.81. The number of anilines is 1. The van der Waals surface area contributed by atoms with Crippen LogP contribution in [-0.4, -0.2) is 28.9 Å². The molecule has 1 aromatic carbocycles. The summed E-state index contributed by atoms with van der Waals surface area (Å²) < 4.78 is 13.5. The van der Waals surface area contributed by atoms with E-state index >= 15 is 0 Å². The Morgan fingerprint density at radius 1 is 1.24 bits per heavy atom. The van der Waals surface area contributed by atoms with Gasteiger partial charge in [-0.05, 0) is 24.1 Å². The summed E-state index contributed by atoms with van der Waals surface area (Å²) in [5.41, 5.74) is -0.353. The van der Waals surface area contributed by atoms with Gasteiger partial charge in [-0.3, -0.25) is 9.59 Å². The van der Waals surface area contributed by atoms with Gasteiger partial charge >= 0.3 is 5.97 Å². The molecule has 1 atom stereocenters. The molecule has 0 bridgehead atoms. The number of benzene rings is 1. The third-order valence-corrected chi connectivity index (χ3v) is 2.77. The van der Waals surface area contributed by atoms with Crippen LogP contribution in [0.4, 0.5) is 10.1 Å². The van der Waals surface area contributed by atoms with Gasteiger partial charge in [0.25, 0.3) is 0 Å². The zero-order valence-corrected chi connectivity index (χ0v) is 11.9. The summed E-state index contributed by atoms with van der Waals surface area (Å²) in [5.74, 6) is -3.33. The number of carboxylic acid groups (broad SMARTS) is 1. The molecule has 0 fully saturated rings. The SMILES string of the molecule is CC(=O)NC(C(=O)Nc1ccc(C(=O)O)c(F)c1)C(C)C. The average molecular weight is 296 g/mol. The smallest absolute Gasteiger partial charge is 0.338 e. The highest BCUT2D eigenvalue weighted by atomic mass is 19.1. The van der Waals surface area contributed by atoms with Gasteiger partial charge in [0.15, 0.2) is 0 Å². The minimum absolute atomic E-state index is 0.124. The van der Waals surface area contributed by atoms with E-state index in [4.69, 9.17) is 5.11 Å². The number of carboxylic acids is 1. The van der Waals surface area contributed by atoms with Gasteiger partial charge in [-0.2, -0.15) is 0 Å². The summed E-state index contributed by atoms with van der Waals surface area (Å²) in [7, 11) is 0. The standard InChI is InChI=1S/C14H17FN2O4/c1-7(2)12(16-8(3)18)13(19)17-9-4-5-10(14(20)21)11(15)6-9/h4-7,12H,1-3H3,(H,16,18)(H,17,19)(H,20,21). The molecule has 7 heteroatoms. The van der Waals surface area contributed by atoms with Crippen LogP contribution in [0.1, 0.15) is 31.1 Å². The second-order valence-corrected chi connectivity index (χ2v) is 4.91. The fourth-order valence-electron chi connectivity index (χ4n) is 1.74. The normalized spacial score (nSPS) is 11.9. The summed E-state index contributed by atoms with van der Waals surface area (Å²) >= 11 is 0. The Kier molecular flexibility index (Phi) is 5.40. The van der Waals surface area contributed by atoms with E-state index < -0.39 is 29.3 Å². The van der Waals surface area contributed by atoms with E-state index in [2.05, 4.69) is 10.6 Å². The molecule has 0 heterocycles. The van der Waals surface area contributed by atoms with Crippen LogP contribution < -0.4 is 10.6 Å². The fourth-order valence-corrected chi connectivity index (χ4v) is 1.74. The number of hydrogen-bond donors (Lipinski definition) is 3. The molecule has 0 aliphatic rings. The lowest BCUT2D eigenvalue weighted by Crippen LogP contribution is -2.46. The molecule has 114 valence electrons. The molecule has 21 heavy (non-hydrogen) atoms. The van der Waals surface area contributed by atoms with E-state index in [1.165, 1.54) is 13.0 Å². The second-order valence-electron chi connectivity index (χ2n) is 4.91. The average Bonchev–Trinajstić information content (AvgIpc) is 2.34. The molecule has 0 aliphatic heterocycles. The van der Waals surface area contributed by atoms with Gasteiger partial charge in [-0.1, -0.05) is 13.8 Å². The summed E-state index contributed by atoms with van der Waals surface area (Å²) in [6, 6.07) is 2.52. The molecule has 0 aromatic heterocycles. The first-order valence-electron chi connectivity index (χ1n) is 6.33. The Hall–Kier alpha value is -2.44. The van der Waals surface area contributed by atoms with E-state index in [9.17, 15) is 18.8 Å². The molecule has 0 aliphatic carbocycles. The fraction of sp³-hybridized carbons (Fsp3) is 0.357. The maximum absolute atomic E-state index is 13.5. The number of carbonyl (C=O) groups is 3. The molecule has 1 aromatic rings. The number of rotatable bonds is 5. The van der Waals surface area contributed by atoms with Crippen molar-refractivity contribution in [1.82, 2.24) is 5.32 Å². The third kappa shape index (κ3) is 4.55. The number of hydrogen-bond acceptors (Lipinski definition) is 3. The zero-order valence-electron chi connectivity index (χ0n) is 11.9. The van der Waals surface area contributed by atoms with Crippen LogP contribution in [0.2, 0.25) is 0 Å². The Morgan fingerprint density at radius 3 is 2.29 bits per heavy atom. The van der Waals surface area contributed by atoms with Gasteiger partial charge in [0.05, 0.1) is 5.56 Å². The lowest BCUT2D eigenvalue weighted by Gasteiger charge is -2.21. The summed E-state index contributed by atoms with van der Waals surface area (Å²) in [4.78, 5) is 33.8. The van der Waals surface area contributed by atoms with Crippen LogP contribution in [0.15, 0.2) is 18.2 Å². The first-order chi connectivity index (χ1) is 9.72. The lowest BCUT2D eigenvalue weighted by atomic mass is 10.0. The molecular weight excluding hydrogens is 279 g/mol. The maximum Gasteiger partial charge on any atom is 0.338 e. The van der Waals surface area contributed by atoms with Crippen LogP contribution in [0.3, 0.4) is 0 Å². The predicted molar refractivity (Wildman–Crippen MR) is 74.4 cm³/mol. The monoisotopic (exact) mass is 296 g/mol. The zero-order chi connectivity index (χ0) is 16.2. The Bertz CT molecular complexity index is 572. The second kappa shape index (κ2) is 6.83. The van der Waals surface area contributed by atoms with E-state index in [1.807, 2.05) is 0 Å². The number of nitrogens with one attached hydrogen (secondary N) is 2. The number of aromatic carboxylic acids is 1. The van der Waals surface area contributed by atoms with Crippen molar-refractivity contribution in [2.24, 2.45) is 5.92 Å². The Labute approximate surface area is 121 Å². The quantitative estimate of drug-likeness (QED) is 0.769. The van der Waals surface area contributed by atoms with Gasteiger partial charge in [0, 0.05) is 12.6 Å². The van der Waals surface area contributed by atoms with Crippen molar-refractivity contribution in [2.75, 3.05) is 5.32 Å². The Morgan fingerprint density at radius 2 is 1.86 bits per heavy atom. The third-order valence-electron chi connectivity index (χ3n) is 2.77. The Balaban J connectivity index is 2.89. The molecule has 2 amide bonds. The highest BCUT2D eigenvalue weighted by molar-refractivity contribution is 5.97. The maximum atomic E-state index is 13.5. The van der Waals surface area contributed by atoms with Gasteiger partial charge < -0.3 is 15.7 Å². The molecule has 0 saturated heterocycles. The van der Waals surface area contributed by atoms with E-state index in [0.29, 0.717) is 0 Å². The first kappa shape index (κ1) is 16.6. The number of halogens is 1. The van der Waals surface area contributed by atoms with Crippen molar-refractivity contribution in [3.63, 3.8) is 0 Å².